The molecule has 2 fully saturated rings. The fourth-order valence-electron chi connectivity index (χ4n) is 3.29. The summed E-state index contributed by atoms with van der Waals surface area (Å²) < 4.78 is 0. The van der Waals surface area contributed by atoms with Crippen LogP contribution in [0.15, 0.2) is 0 Å². The van der Waals surface area contributed by atoms with Gasteiger partial charge < -0.3 is 14.7 Å². The van der Waals surface area contributed by atoms with Crippen molar-refractivity contribution in [3.05, 3.63) is 0 Å². The second kappa shape index (κ2) is 7.13. The Morgan fingerprint density at radius 1 is 0.947 bits per heavy atom. The molecule has 2 aliphatic heterocycles. The Hall–Kier alpha value is -0.770. The van der Waals surface area contributed by atoms with Crippen molar-refractivity contribution in [1.29, 1.82) is 0 Å². The largest absolute Gasteiger partial charge is 0.325 e. The molecule has 2 saturated heterocycles. The molecule has 110 valence electrons. The number of piperidine rings is 1. The molecule has 19 heavy (non-hydrogen) atoms. The van der Waals surface area contributed by atoms with Crippen molar-refractivity contribution in [1.82, 2.24) is 14.7 Å². The standard InChI is InChI=1S/C15H29N3O/c1-16(2)13-14-7-11-18(12-8-14)15(19)17-9-5-3-4-6-10-17/h14H,3-13H2,1-2H3. The fraction of sp³-hybridized carbons (Fsp3) is 0.933. The first-order chi connectivity index (χ1) is 9.16. The Balaban J connectivity index is 1.78. The Morgan fingerprint density at radius 2 is 1.47 bits per heavy atom. The van der Waals surface area contributed by atoms with Crippen LogP contribution in [0.5, 0.6) is 0 Å². The van der Waals surface area contributed by atoms with Gasteiger partial charge >= 0.3 is 6.03 Å². The molecule has 0 saturated carbocycles. The van der Waals surface area contributed by atoms with Crippen LogP contribution in [0.4, 0.5) is 4.79 Å². The van der Waals surface area contributed by atoms with Gasteiger partial charge in [-0.3, -0.25) is 0 Å². The van der Waals surface area contributed by atoms with Crippen molar-refractivity contribution in [2.24, 2.45) is 5.92 Å². The average Bonchev–Trinajstić information content (AvgIpc) is 2.67. The third-order valence-electron chi connectivity index (χ3n) is 4.38. The predicted octanol–water partition coefficient (Wildman–Crippen LogP) is 2.26. The van der Waals surface area contributed by atoms with Gasteiger partial charge in [-0.05, 0) is 45.7 Å². The van der Waals surface area contributed by atoms with E-state index >= 15 is 0 Å². The van der Waals surface area contributed by atoms with Gasteiger partial charge in [0.05, 0.1) is 0 Å². The summed E-state index contributed by atoms with van der Waals surface area (Å²) in [6.07, 6.45) is 7.27. The molecule has 4 heteroatoms. The highest BCUT2D eigenvalue weighted by Gasteiger charge is 2.26. The third-order valence-corrected chi connectivity index (χ3v) is 4.38. The summed E-state index contributed by atoms with van der Waals surface area (Å²) in [6.45, 7) is 5.00. The highest BCUT2D eigenvalue weighted by molar-refractivity contribution is 5.74. The molecule has 0 aromatic rings. The molecule has 2 amide bonds. The van der Waals surface area contributed by atoms with Crippen LogP contribution in [0.1, 0.15) is 38.5 Å². The number of urea groups is 1. The molecule has 0 atom stereocenters. The molecule has 0 aromatic heterocycles. The number of carbonyl (C=O) groups is 1. The number of hydrogen-bond acceptors (Lipinski definition) is 2. The van der Waals surface area contributed by atoms with Crippen LogP contribution in [-0.4, -0.2) is 67.5 Å². The number of hydrogen-bond donors (Lipinski definition) is 0. The van der Waals surface area contributed by atoms with E-state index in [0.29, 0.717) is 6.03 Å². The van der Waals surface area contributed by atoms with Crippen molar-refractivity contribution >= 4 is 6.03 Å². The van der Waals surface area contributed by atoms with Crippen LogP contribution in [0, 0.1) is 5.92 Å². The molecule has 2 heterocycles. The minimum absolute atomic E-state index is 0.296. The van der Waals surface area contributed by atoms with E-state index in [9.17, 15) is 4.79 Å². The van der Waals surface area contributed by atoms with E-state index in [0.717, 1.165) is 51.5 Å². The maximum absolute atomic E-state index is 12.5. The van der Waals surface area contributed by atoms with Crippen LogP contribution < -0.4 is 0 Å². The summed E-state index contributed by atoms with van der Waals surface area (Å²) in [5, 5.41) is 0. The third kappa shape index (κ3) is 4.37. The van der Waals surface area contributed by atoms with Crippen LogP contribution in [0.2, 0.25) is 0 Å². The molecule has 0 bridgehead atoms. The summed E-state index contributed by atoms with van der Waals surface area (Å²) in [4.78, 5) is 18.9. The van der Waals surface area contributed by atoms with Gasteiger partial charge in [-0.2, -0.15) is 0 Å². The van der Waals surface area contributed by atoms with Crippen molar-refractivity contribution in [3.8, 4) is 0 Å². The maximum Gasteiger partial charge on any atom is 0.319 e. The molecular weight excluding hydrogens is 238 g/mol. The topological polar surface area (TPSA) is 26.8 Å². The molecule has 4 nitrogen and oxygen atoms in total. The summed E-state index contributed by atoms with van der Waals surface area (Å²) in [6, 6.07) is 0.296. The first kappa shape index (κ1) is 14.6. The summed E-state index contributed by atoms with van der Waals surface area (Å²) in [5.41, 5.74) is 0. The van der Waals surface area contributed by atoms with Gasteiger partial charge in [0.2, 0.25) is 0 Å². The Kier molecular flexibility index (Phi) is 5.49. The number of amides is 2. The van der Waals surface area contributed by atoms with Gasteiger partial charge in [0.25, 0.3) is 0 Å². The van der Waals surface area contributed by atoms with Crippen molar-refractivity contribution in [3.63, 3.8) is 0 Å². The molecule has 0 aliphatic carbocycles. The first-order valence-corrected chi connectivity index (χ1v) is 7.85. The molecule has 0 spiro atoms. The molecule has 0 N–H and O–H groups in total. The van der Waals surface area contributed by atoms with Crippen LogP contribution in [0.3, 0.4) is 0 Å². The van der Waals surface area contributed by atoms with Gasteiger partial charge in [-0.25, -0.2) is 4.79 Å². The second-order valence-corrected chi connectivity index (χ2v) is 6.38. The lowest BCUT2D eigenvalue weighted by Gasteiger charge is -2.36. The summed E-state index contributed by atoms with van der Waals surface area (Å²) in [7, 11) is 4.27. The van der Waals surface area contributed by atoms with E-state index in [1.807, 2.05) is 0 Å². The van der Waals surface area contributed by atoms with Gasteiger partial charge in [0, 0.05) is 32.7 Å². The van der Waals surface area contributed by atoms with E-state index < -0.39 is 0 Å². The Bertz CT molecular complexity index is 277. The highest BCUT2D eigenvalue weighted by Crippen LogP contribution is 2.20. The number of nitrogens with zero attached hydrogens (tertiary/aromatic N) is 3. The lowest BCUT2D eigenvalue weighted by molar-refractivity contribution is 0.127. The van der Waals surface area contributed by atoms with Crippen molar-refractivity contribution in [2.45, 2.75) is 38.5 Å². The maximum atomic E-state index is 12.5. The van der Waals surface area contributed by atoms with E-state index in [-0.39, 0.29) is 0 Å². The average molecular weight is 267 g/mol. The van der Waals surface area contributed by atoms with Crippen molar-refractivity contribution < 1.29 is 4.79 Å². The molecule has 2 aliphatic rings. The quantitative estimate of drug-likeness (QED) is 0.767. The van der Waals surface area contributed by atoms with Crippen LogP contribution in [0.25, 0.3) is 0 Å². The zero-order valence-corrected chi connectivity index (χ0v) is 12.6. The molecular formula is C15H29N3O. The summed E-state index contributed by atoms with van der Waals surface area (Å²) in [5.74, 6) is 0.767. The minimum atomic E-state index is 0.296. The SMILES string of the molecule is CN(C)CC1CCN(C(=O)N2CCCCCC2)CC1. The van der Waals surface area contributed by atoms with Gasteiger partial charge in [0.15, 0.2) is 0 Å². The normalized spacial score (nSPS) is 22.7. The van der Waals surface area contributed by atoms with E-state index in [4.69, 9.17) is 0 Å². The van der Waals surface area contributed by atoms with Crippen LogP contribution >= 0.6 is 0 Å². The number of likely N-dealkylation sites (tertiary alicyclic amines) is 2. The van der Waals surface area contributed by atoms with Crippen molar-refractivity contribution in [2.75, 3.05) is 46.8 Å². The Labute approximate surface area is 117 Å². The fourth-order valence-corrected chi connectivity index (χ4v) is 3.29. The van der Waals surface area contributed by atoms with Gasteiger partial charge in [-0.1, -0.05) is 12.8 Å². The minimum Gasteiger partial charge on any atom is -0.325 e. The van der Waals surface area contributed by atoms with E-state index in [1.165, 1.54) is 25.7 Å². The lowest BCUT2D eigenvalue weighted by Crippen LogP contribution is -2.47. The smallest absolute Gasteiger partial charge is 0.319 e. The van der Waals surface area contributed by atoms with E-state index in [1.54, 1.807) is 0 Å². The lowest BCUT2D eigenvalue weighted by atomic mass is 9.96. The highest BCUT2D eigenvalue weighted by atomic mass is 16.2. The molecule has 0 aromatic carbocycles. The second-order valence-electron chi connectivity index (χ2n) is 6.38. The monoisotopic (exact) mass is 267 g/mol. The molecule has 0 radical (unpaired) electrons. The van der Waals surface area contributed by atoms with Crippen LogP contribution in [-0.2, 0) is 0 Å². The first-order valence-electron chi connectivity index (χ1n) is 7.85. The Morgan fingerprint density at radius 3 is 2.00 bits per heavy atom. The number of carbonyl (C=O) groups excluding carboxylic acids is 1. The zero-order chi connectivity index (χ0) is 13.7. The van der Waals surface area contributed by atoms with Gasteiger partial charge in [0.1, 0.15) is 0 Å². The molecule has 0 unspecified atom stereocenters. The van der Waals surface area contributed by atoms with Gasteiger partial charge in [-0.15, -0.1) is 0 Å². The molecule has 2 rings (SSSR count). The zero-order valence-electron chi connectivity index (χ0n) is 12.6. The predicted molar refractivity (Wildman–Crippen MR) is 78.3 cm³/mol. The van der Waals surface area contributed by atoms with E-state index in [2.05, 4.69) is 28.8 Å². The number of rotatable bonds is 2. The summed E-state index contributed by atoms with van der Waals surface area (Å²) >= 11 is 0.